The Hall–Kier alpha value is -2.48. The molecule has 0 unspecified atom stereocenters. The first-order chi connectivity index (χ1) is 13.8. The first-order valence-corrected chi connectivity index (χ1v) is 10.7. The van der Waals surface area contributed by atoms with E-state index >= 15 is 0 Å². The standard InChI is InChI=1S/C16H22N6O6S/c23-15(19-14-4-2-11(9-18-14)20-7-5-17-6-8-20)13-3-1-12-10-21(13)16(24)22(12)28-29(25,26)27/h2,4,9,12-13,17H,1,3,5-8,10H2,(H,18,19,23)(H,25,26,27)/t12-,13+/m1/s1. The quantitative estimate of drug-likeness (QED) is 0.527. The predicted octanol–water partition coefficient (Wildman–Crippen LogP) is -0.567. The minimum atomic E-state index is -4.82. The predicted molar refractivity (Wildman–Crippen MR) is 101 cm³/mol. The minimum absolute atomic E-state index is 0.141. The monoisotopic (exact) mass is 426 g/mol. The highest BCUT2D eigenvalue weighted by Crippen LogP contribution is 2.31. The Labute approximate surface area is 167 Å². The molecule has 0 spiro atoms. The molecule has 3 amide bonds. The van der Waals surface area contributed by atoms with Crippen LogP contribution in [0, 0.1) is 0 Å². The van der Waals surface area contributed by atoms with Crippen LogP contribution in [-0.4, -0.2) is 84.7 Å². The van der Waals surface area contributed by atoms with Gasteiger partial charge in [-0.15, -0.1) is 4.28 Å². The van der Waals surface area contributed by atoms with E-state index in [1.165, 1.54) is 4.90 Å². The molecule has 4 heterocycles. The molecule has 2 atom stereocenters. The number of anilines is 2. The van der Waals surface area contributed by atoms with Gasteiger partial charge in [-0.1, -0.05) is 0 Å². The van der Waals surface area contributed by atoms with Crippen LogP contribution in [0.4, 0.5) is 16.3 Å². The highest BCUT2D eigenvalue weighted by molar-refractivity contribution is 7.80. The van der Waals surface area contributed by atoms with Gasteiger partial charge in [-0.2, -0.15) is 13.5 Å². The van der Waals surface area contributed by atoms with E-state index in [1.807, 2.05) is 6.07 Å². The number of piperidine rings is 1. The number of carbonyl (C=O) groups is 2. The molecule has 1 aromatic rings. The van der Waals surface area contributed by atoms with Crippen molar-refractivity contribution in [1.82, 2.24) is 20.3 Å². The fourth-order valence-corrected chi connectivity index (χ4v) is 4.27. The maximum absolute atomic E-state index is 12.7. The average molecular weight is 426 g/mol. The number of hydroxylamine groups is 2. The topological polar surface area (TPSA) is 144 Å². The van der Waals surface area contributed by atoms with Crippen molar-refractivity contribution in [2.75, 3.05) is 42.9 Å². The van der Waals surface area contributed by atoms with Gasteiger partial charge in [-0.05, 0) is 25.0 Å². The SMILES string of the molecule is O=C(Nc1ccc(N2CCNCC2)cn1)[C@@H]1CC[C@@H]2CN1C(=O)N2OS(=O)(=O)O. The van der Waals surface area contributed by atoms with Crippen molar-refractivity contribution in [2.45, 2.75) is 24.9 Å². The lowest BCUT2D eigenvalue weighted by atomic mass is 10.0. The van der Waals surface area contributed by atoms with E-state index in [0.717, 1.165) is 31.9 Å². The van der Waals surface area contributed by atoms with Gasteiger partial charge in [0.25, 0.3) is 0 Å². The third-order valence-corrected chi connectivity index (χ3v) is 5.63. The van der Waals surface area contributed by atoms with Crippen LogP contribution in [0.1, 0.15) is 12.8 Å². The van der Waals surface area contributed by atoms with Gasteiger partial charge in [0.15, 0.2) is 0 Å². The number of rotatable bonds is 5. The zero-order chi connectivity index (χ0) is 20.6. The molecule has 0 aliphatic carbocycles. The van der Waals surface area contributed by atoms with Crippen LogP contribution >= 0.6 is 0 Å². The second-order valence-corrected chi connectivity index (χ2v) is 8.14. The van der Waals surface area contributed by atoms with Crippen LogP contribution < -0.4 is 15.5 Å². The molecule has 0 radical (unpaired) electrons. The van der Waals surface area contributed by atoms with E-state index in [9.17, 15) is 18.0 Å². The number of piperazine rings is 1. The number of amides is 3. The number of pyridine rings is 1. The Morgan fingerprint density at radius 1 is 1.28 bits per heavy atom. The molecule has 158 valence electrons. The van der Waals surface area contributed by atoms with Crippen LogP contribution in [0.25, 0.3) is 0 Å². The van der Waals surface area contributed by atoms with Crippen molar-refractivity contribution in [3.63, 3.8) is 0 Å². The summed E-state index contributed by atoms with van der Waals surface area (Å²) in [6, 6.07) is 1.51. The van der Waals surface area contributed by atoms with Crippen molar-refractivity contribution in [3.8, 4) is 0 Å². The van der Waals surface area contributed by atoms with E-state index in [0.29, 0.717) is 23.7 Å². The Morgan fingerprint density at radius 3 is 2.69 bits per heavy atom. The number of urea groups is 1. The van der Waals surface area contributed by atoms with Crippen molar-refractivity contribution in [1.29, 1.82) is 0 Å². The van der Waals surface area contributed by atoms with Crippen LogP contribution in [0.5, 0.6) is 0 Å². The second kappa shape index (κ2) is 7.74. The molecule has 1 aromatic heterocycles. The van der Waals surface area contributed by atoms with Gasteiger partial charge in [-0.3, -0.25) is 9.35 Å². The van der Waals surface area contributed by atoms with E-state index in [4.69, 9.17) is 4.55 Å². The lowest BCUT2D eigenvalue weighted by Gasteiger charge is -2.30. The van der Waals surface area contributed by atoms with Crippen LogP contribution in [-0.2, 0) is 19.5 Å². The first-order valence-electron chi connectivity index (χ1n) is 9.31. The summed E-state index contributed by atoms with van der Waals surface area (Å²) in [5, 5.41) is 6.60. The Bertz CT molecular complexity index is 888. The fraction of sp³-hybridized carbons (Fsp3) is 0.562. The van der Waals surface area contributed by atoms with Crippen LogP contribution in [0.2, 0.25) is 0 Å². The van der Waals surface area contributed by atoms with E-state index < -0.39 is 34.4 Å². The molecule has 3 N–H and O–H groups in total. The average Bonchev–Trinajstić information content (AvgIpc) is 2.93. The molecule has 3 saturated heterocycles. The number of nitrogens with one attached hydrogen (secondary N) is 2. The number of hydrogen-bond acceptors (Lipinski definition) is 8. The molecular formula is C16H22N6O6S. The zero-order valence-electron chi connectivity index (χ0n) is 15.5. The zero-order valence-corrected chi connectivity index (χ0v) is 16.3. The molecule has 2 bridgehead atoms. The summed E-state index contributed by atoms with van der Waals surface area (Å²) in [4.78, 5) is 32.8. The number of nitrogens with zero attached hydrogens (tertiary/aromatic N) is 4. The van der Waals surface area contributed by atoms with Crippen molar-refractivity contribution in [3.05, 3.63) is 18.3 Å². The smallest absolute Gasteiger partial charge is 0.368 e. The van der Waals surface area contributed by atoms with E-state index in [1.54, 1.807) is 12.3 Å². The third kappa shape index (κ3) is 4.27. The molecule has 12 nitrogen and oxygen atoms in total. The number of fused-ring (bicyclic) bond motifs is 2. The maximum atomic E-state index is 12.7. The van der Waals surface area contributed by atoms with E-state index in [-0.39, 0.29) is 6.54 Å². The Balaban J connectivity index is 1.39. The summed E-state index contributed by atoms with van der Waals surface area (Å²) in [6.45, 7) is 3.72. The molecule has 0 aromatic carbocycles. The molecule has 4 rings (SSSR count). The van der Waals surface area contributed by atoms with Gasteiger partial charge in [0, 0.05) is 32.7 Å². The summed E-state index contributed by atoms with van der Waals surface area (Å²) in [6.07, 6.45) is 2.40. The molecule has 13 heteroatoms. The second-order valence-electron chi connectivity index (χ2n) is 7.14. The summed E-state index contributed by atoms with van der Waals surface area (Å²) in [5.74, 6) is -0.0402. The molecule has 0 saturated carbocycles. The minimum Gasteiger partial charge on any atom is -0.368 e. The van der Waals surface area contributed by atoms with Crippen LogP contribution in [0.3, 0.4) is 0 Å². The molecular weight excluding hydrogens is 404 g/mol. The van der Waals surface area contributed by atoms with Crippen molar-refractivity contribution >= 4 is 33.8 Å². The maximum Gasteiger partial charge on any atom is 0.418 e. The largest absolute Gasteiger partial charge is 0.418 e. The Morgan fingerprint density at radius 2 is 2.03 bits per heavy atom. The highest BCUT2D eigenvalue weighted by atomic mass is 32.3. The van der Waals surface area contributed by atoms with Gasteiger partial charge in [-0.25, -0.2) is 9.78 Å². The van der Waals surface area contributed by atoms with Gasteiger partial charge in [0.2, 0.25) is 5.91 Å². The third-order valence-electron chi connectivity index (χ3n) is 5.28. The van der Waals surface area contributed by atoms with Crippen LogP contribution in [0.15, 0.2) is 18.3 Å². The molecule has 29 heavy (non-hydrogen) atoms. The Kier molecular flexibility index (Phi) is 5.29. The molecule has 3 aliphatic rings. The number of carbonyl (C=O) groups excluding carboxylic acids is 2. The van der Waals surface area contributed by atoms with Gasteiger partial charge in [0.05, 0.1) is 17.9 Å². The lowest BCUT2D eigenvalue weighted by Crippen LogP contribution is -2.47. The molecule has 3 fully saturated rings. The summed E-state index contributed by atoms with van der Waals surface area (Å²) >= 11 is 0. The normalized spacial score (nSPS) is 24.7. The van der Waals surface area contributed by atoms with Gasteiger partial charge in [0.1, 0.15) is 11.9 Å². The van der Waals surface area contributed by atoms with Crippen molar-refractivity contribution in [2.24, 2.45) is 0 Å². The summed E-state index contributed by atoms with van der Waals surface area (Å²) in [5.41, 5.74) is 0.970. The summed E-state index contributed by atoms with van der Waals surface area (Å²) < 4.78 is 35.1. The van der Waals surface area contributed by atoms with Gasteiger partial charge >= 0.3 is 16.4 Å². The van der Waals surface area contributed by atoms with E-state index in [2.05, 4.69) is 24.8 Å². The lowest BCUT2D eigenvalue weighted by molar-refractivity contribution is -0.120. The highest BCUT2D eigenvalue weighted by Gasteiger charge is 2.49. The van der Waals surface area contributed by atoms with Crippen molar-refractivity contribution < 1.29 is 26.8 Å². The number of aromatic nitrogens is 1. The number of hydrogen-bond donors (Lipinski definition) is 3. The summed E-state index contributed by atoms with van der Waals surface area (Å²) in [7, 11) is -4.82. The fourth-order valence-electron chi connectivity index (χ4n) is 3.88. The van der Waals surface area contributed by atoms with Gasteiger partial charge < -0.3 is 20.4 Å². The first kappa shape index (κ1) is 19.8. The molecule has 3 aliphatic heterocycles.